The predicted octanol–water partition coefficient (Wildman–Crippen LogP) is 4.61. The summed E-state index contributed by atoms with van der Waals surface area (Å²) in [6, 6.07) is 21.7. The normalized spacial score (nSPS) is 25.0. The Bertz CT molecular complexity index is 820. The third-order valence-electron chi connectivity index (χ3n) is 4.66. The smallest absolute Gasteiger partial charge is 0.339 e. The molecule has 1 aliphatic rings. The molecule has 3 rings (SSSR count). The minimum absolute atomic E-state index is 0.312. The third kappa shape index (κ3) is 4.37. The molecule has 2 aromatic carbocycles. The highest BCUT2D eigenvalue weighted by molar-refractivity contribution is 5.81. The Morgan fingerprint density at radius 3 is 2.30 bits per heavy atom. The lowest BCUT2D eigenvalue weighted by molar-refractivity contribution is -0.182. The van der Waals surface area contributed by atoms with Crippen molar-refractivity contribution in [3.05, 3.63) is 71.8 Å². The molecule has 0 aromatic heterocycles. The van der Waals surface area contributed by atoms with Crippen LogP contribution < -0.4 is 0 Å². The van der Waals surface area contributed by atoms with Crippen molar-refractivity contribution in [3.63, 3.8) is 0 Å². The van der Waals surface area contributed by atoms with Crippen LogP contribution in [0.25, 0.3) is 0 Å². The fourth-order valence-corrected chi connectivity index (χ4v) is 3.51. The zero-order chi connectivity index (χ0) is 19.5. The van der Waals surface area contributed by atoms with E-state index in [2.05, 4.69) is 6.07 Å². The second-order valence-corrected chi connectivity index (χ2v) is 8.05. The molecule has 0 bridgehead atoms. The summed E-state index contributed by atoms with van der Waals surface area (Å²) >= 11 is 0. The van der Waals surface area contributed by atoms with E-state index in [0.717, 1.165) is 11.1 Å². The zero-order valence-electron chi connectivity index (χ0n) is 16.0. The van der Waals surface area contributed by atoms with Crippen LogP contribution in [0, 0.1) is 17.2 Å². The van der Waals surface area contributed by atoms with E-state index in [1.54, 1.807) is 0 Å². The molecule has 4 nitrogen and oxygen atoms in total. The van der Waals surface area contributed by atoms with E-state index in [0.29, 0.717) is 12.8 Å². The summed E-state index contributed by atoms with van der Waals surface area (Å²) in [5, 5.41) is 9.73. The van der Waals surface area contributed by atoms with Gasteiger partial charge in [0.25, 0.3) is 0 Å². The minimum atomic E-state index is -1.17. The van der Waals surface area contributed by atoms with Crippen LogP contribution in [0.15, 0.2) is 60.7 Å². The van der Waals surface area contributed by atoms with Crippen LogP contribution in [0.2, 0.25) is 0 Å². The SMILES string of the molecule is CC(C)(C)OC(=O)[C@@]1(Cc2ccccc2)CC(C#N)[C@@H](c2ccccc2)O1. The van der Waals surface area contributed by atoms with Crippen molar-refractivity contribution in [1.82, 2.24) is 0 Å². The summed E-state index contributed by atoms with van der Waals surface area (Å²) in [6.45, 7) is 5.52. The largest absolute Gasteiger partial charge is 0.458 e. The summed E-state index contributed by atoms with van der Waals surface area (Å²) in [7, 11) is 0. The Kier molecular flexibility index (Phi) is 5.34. The van der Waals surface area contributed by atoms with E-state index in [9.17, 15) is 10.1 Å². The van der Waals surface area contributed by atoms with Gasteiger partial charge in [-0.25, -0.2) is 4.79 Å². The average Bonchev–Trinajstić information content (AvgIpc) is 3.02. The van der Waals surface area contributed by atoms with Crippen LogP contribution >= 0.6 is 0 Å². The van der Waals surface area contributed by atoms with Gasteiger partial charge in [0, 0.05) is 12.8 Å². The molecule has 1 unspecified atom stereocenters. The number of carbonyl (C=O) groups excluding carboxylic acids is 1. The predicted molar refractivity (Wildman–Crippen MR) is 103 cm³/mol. The molecule has 0 aliphatic carbocycles. The Labute approximate surface area is 160 Å². The summed E-state index contributed by atoms with van der Waals surface area (Å²) in [4.78, 5) is 13.2. The van der Waals surface area contributed by atoms with Gasteiger partial charge in [-0.3, -0.25) is 0 Å². The van der Waals surface area contributed by atoms with Crippen LogP contribution in [-0.4, -0.2) is 17.2 Å². The molecule has 0 spiro atoms. The van der Waals surface area contributed by atoms with E-state index in [1.807, 2.05) is 81.4 Å². The quantitative estimate of drug-likeness (QED) is 0.744. The number of esters is 1. The number of hydrogen-bond acceptors (Lipinski definition) is 4. The second-order valence-electron chi connectivity index (χ2n) is 8.05. The van der Waals surface area contributed by atoms with E-state index in [4.69, 9.17) is 9.47 Å². The van der Waals surface area contributed by atoms with Crippen molar-refractivity contribution in [1.29, 1.82) is 5.26 Å². The Balaban J connectivity index is 1.97. The lowest BCUT2D eigenvalue weighted by atomic mass is 9.86. The Hall–Kier alpha value is -2.64. The Morgan fingerprint density at radius 2 is 1.74 bits per heavy atom. The number of nitriles is 1. The van der Waals surface area contributed by atoms with Crippen molar-refractivity contribution >= 4 is 5.97 Å². The van der Waals surface area contributed by atoms with Gasteiger partial charge >= 0.3 is 5.97 Å². The molecule has 0 saturated carbocycles. The van der Waals surface area contributed by atoms with Crippen molar-refractivity contribution in [2.45, 2.75) is 50.9 Å². The van der Waals surface area contributed by atoms with Crippen LogP contribution in [0.4, 0.5) is 0 Å². The number of hydrogen-bond donors (Lipinski definition) is 0. The van der Waals surface area contributed by atoms with Gasteiger partial charge in [0.2, 0.25) is 0 Å². The summed E-state index contributed by atoms with van der Waals surface area (Å²) in [6.07, 6.45) is 0.240. The molecular weight excluding hydrogens is 338 g/mol. The summed E-state index contributed by atoms with van der Waals surface area (Å²) in [5.74, 6) is -0.818. The summed E-state index contributed by atoms with van der Waals surface area (Å²) < 4.78 is 12.1. The first-order valence-corrected chi connectivity index (χ1v) is 9.23. The highest BCUT2D eigenvalue weighted by Crippen LogP contribution is 2.46. The van der Waals surface area contributed by atoms with Gasteiger partial charge in [-0.15, -0.1) is 0 Å². The molecule has 0 N–H and O–H groups in total. The van der Waals surface area contributed by atoms with Gasteiger partial charge in [-0.05, 0) is 31.9 Å². The van der Waals surface area contributed by atoms with Gasteiger partial charge in [0.05, 0.1) is 18.1 Å². The number of benzene rings is 2. The number of carbonyl (C=O) groups is 1. The molecule has 1 saturated heterocycles. The lowest BCUT2D eigenvalue weighted by Crippen LogP contribution is -2.45. The number of ether oxygens (including phenoxy) is 2. The fourth-order valence-electron chi connectivity index (χ4n) is 3.51. The third-order valence-corrected chi connectivity index (χ3v) is 4.66. The van der Waals surface area contributed by atoms with Crippen molar-refractivity contribution in [2.24, 2.45) is 5.92 Å². The first-order valence-electron chi connectivity index (χ1n) is 9.23. The molecule has 1 aliphatic heterocycles. The number of rotatable bonds is 4. The molecule has 27 heavy (non-hydrogen) atoms. The van der Waals surface area contributed by atoms with E-state index in [-0.39, 0.29) is 0 Å². The van der Waals surface area contributed by atoms with Gasteiger partial charge in [0.1, 0.15) is 5.60 Å². The first-order chi connectivity index (χ1) is 12.8. The molecule has 3 atom stereocenters. The first kappa shape index (κ1) is 19.1. The van der Waals surface area contributed by atoms with Crippen molar-refractivity contribution in [2.75, 3.05) is 0 Å². The average molecular weight is 363 g/mol. The Morgan fingerprint density at radius 1 is 1.15 bits per heavy atom. The van der Waals surface area contributed by atoms with Crippen LogP contribution in [0.5, 0.6) is 0 Å². The molecule has 0 amide bonds. The standard InChI is InChI=1S/C23H25NO3/c1-22(2,3)27-21(25)23(14-17-10-6-4-7-11-17)15-19(16-24)20(26-23)18-12-8-5-9-13-18/h4-13,19-20H,14-15H2,1-3H3/t19?,20-,23-/m1/s1. The maximum atomic E-state index is 13.2. The molecule has 140 valence electrons. The topological polar surface area (TPSA) is 59.3 Å². The van der Waals surface area contributed by atoms with Gasteiger partial charge in [-0.2, -0.15) is 5.26 Å². The molecule has 1 heterocycles. The maximum Gasteiger partial charge on any atom is 0.339 e. The monoisotopic (exact) mass is 363 g/mol. The van der Waals surface area contributed by atoms with Crippen molar-refractivity contribution in [3.8, 4) is 6.07 Å². The maximum absolute atomic E-state index is 13.2. The van der Waals surface area contributed by atoms with Gasteiger partial charge in [0.15, 0.2) is 5.60 Å². The summed E-state index contributed by atoms with van der Waals surface area (Å²) in [5.41, 5.74) is 0.0865. The van der Waals surface area contributed by atoms with Crippen LogP contribution in [0.3, 0.4) is 0 Å². The number of nitrogens with zero attached hydrogens (tertiary/aromatic N) is 1. The molecule has 0 radical (unpaired) electrons. The van der Waals surface area contributed by atoms with Crippen LogP contribution in [0.1, 0.15) is 44.4 Å². The minimum Gasteiger partial charge on any atom is -0.458 e. The molecule has 1 fully saturated rings. The van der Waals surface area contributed by atoms with E-state index >= 15 is 0 Å². The zero-order valence-corrected chi connectivity index (χ0v) is 16.0. The van der Waals surface area contributed by atoms with Gasteiger partial charge < -0.3 is 9.47 Å². The van der Waals surface area contributed by atoms with E-state index in [1.165, 1.54) is 0 Å². The second kappa shape index (κ2) is 7.54. The van der Waals surface area contributed by atoms with Crippen molar-refractivity contribution < 1.29 is 14.3 Å². The highest BCUT2D eigenvalue weighted by atomic mass is 16.6. The highest BCUT2D eigenvalue weighted by Gasteiger charge is 2.54. The van der Waals surface area contributed by atoms with Crippen LogP contribution in [-0.2, 0) is 20.7 Å². The molecular formula is C23H25NO3. The van der Waals surface area contributed by atoms with E-state index < -0.39 is 29.2 Å². The molecule has 4 heteroatoms. The van der Waals surface area contributed by atoms with Gasteiger partial charge in [-0.1, -0.05) is 60.7 Å². The molecule has 2 aromatic rings. The fraction of sp³-hybridized carbons (Fsp3) is 0.391. The lowest BCUT2D eigenvalue weighted by Gasteiger charge is -2.31.